The summed E-state index contributed by atoms with van der Waals surface area (Å²) in [6.45, 7) is 0.324. The van der Waals surface area contributed by atoms with Crippen molar-refractivity contribution in [3.05, 3.63) is 34.6 Å². The van der Waals surface area contributed by atoms with E-state index in [9.17, 15) is 14.4 Å². The van der Waals surface area contributed by atoms with Gasteiger partial charge in [0, 0.05) is 13.0 Å². The highest BCUT2D eigenvalue weighted by molar-refractivity contribution is 5.77. The van der Waals surface area contributed by atoms with E-state index < -0.39 is 5.97 Å². The topological polar surface area (TPSA) is 103 Å². The van der Waals surface area contributed by atoms with Crippen molar-refractivity contribution < 1.29 is 14.3 Å². The van der Waals surface area contributed by atoms with Crippen LogP contribution < -0.4 is 10.9 Å². The molecule has 0 spiro atoms. The van der Waals surface area contributed by atoms with Gasteiger partial charge in [-0.15, -0.1) is 5.10 Å². The quantitative estimate of drug-likeness (QED) is 0.745. The predicted octanol–water partition coefficient (Wildman–Crippen LogP) is -0.139. The lowest BCUT2D eigenvalue weighted by Crippen LogP contribution is -2.30. The highest BCUT2D eigenvalue weighted by atomic mass is 16.5. The number of amides is 1. The van der Waals surface area contributed by atoms with Crippen LogP contribution in [0.15, 0.2) is 29.1 Å². The van der Waals surface area contributed by atoms with E-state index >= 15 is 0 Å². The molecular weight excluding hydrogens is 288 g/mol. The summed E-state index contributed by atoms with van der Waals surface area (Å²) in [5, 5.41) is 10.8. The number of aryl methyl sites for hydroxylation is 1. The predicted molar refractivity (Wildman–Crippen MR) is 78.1 cm³/mol. The molecule has 1 N–H and O–H groups in total. The van der Waals surface area contributed by atoms with Gasteiger partial charge in [0.2, 0.25) is 5.91 Å². The van der Waals surface area contributed by atoms with E-state index in [1.54, 1.807) is 24.3 Å². The van der Waals surface area contributed by atoms with Crippen molar-refractivity contribution in [2.75, 3.05) is 13.7 Å². The fraction of sp³-hybridized carbons (Fsp3) is 0.357. The number of carbonyl (C=O) groups is 2. The smallest absolute Gasteiger partial charge is 0.307 e. The van der Waals surface area contributed by atoms with Crippen LogP contribution in [0, 0.1) is 0 Å². The van der Waals surface area contributed by atoms with Crippen LogP contribution in [-0.2, 0) is 20.9 Å². The van der Waals surface area contributed by atoms with E-state index in [-0.39, 0.29) is 37.4 Å². The van der Waals surface area contributed by atoms with Crippen molar-refractivity contribution in [1.82, 2.24) is 20.3 Å². The Morgan fingerprint density at radius 3 is 2.82 bits per heavy atom. The van der Waals surface area contributed by atoms with E-state index in [1.807, 2.05) is 0 Å². The molecular formula is C14H16N4O4. The lowest BCUT2D eigenvalue weighted by atomic mass is 10.2. The Balaban J connectivity index is 1.92. The van der Waals surface area contributed by atoms with Gasteiger partial charge >= 0.3 is 5.97 Å². The van der Waals surface area contributed by atoms with Gasteiger partial charge in [0.25, 0.3) is 5.56 Å². The number of ether oxygens (including phenoxy) is 1. The number of rotatable bonds is 6. The zero-order valence-corrected chi connectivity index (χ0v) is 12.1. The number of methoxy groups -OCH3 is 1. The van der Waals surface area contributed by atoms with E-state index in [1.165, 1.54) is 7.11 Å². The fourth-order valence-corrected chi connectivity index (χ4v) is 1.87. The molecule has 0 atom stereocenters. The number of fused-ring (bicyclic) bond motifs is 1. The molecule has 0 unspecified atom stereocenters. The van der Waals surface area contributed by atoms with Gasteiger partial charge in [-0.05, 0) is 12.1 Å². The van der Waals surface area contributed by atoms with Gasteiger partial charge in [0.15, 0.2) is 0 Å². The van der Waals surface area contributed by atoms with Crippen LogP contribution in [0.3, 0.4) is 0 Å². The van der Waals surface area contributed by atoms with Crippen molar-refractivity contribution in [1.29, 1.82) is 0 Å². The first kappa shape index (κ1) is 15.6. The molecule has 1 amide bonds. The number of hydrogen-bond acceptors (Lipinski definition) is 6. The molecule has 0 bridgehead atoms. The summed E-state index contributed by atoms with van der Waals surface area (Å²) >= 11 is 0. The summed E-state index contributed by atoms with van der Waals surface area (Å²) in [4.78, 5) is 34.7. The van der Waals surface area contributed by atoms with Crippen LogP contribution in [0.1, 0.15) is 12.8 Å². The largest absolute Gasteiger partial charge is 0.469 e. The second-order valence-corrected chi connectivity index (χ2v) is 4.56. The van der Waals surface area contributed by atoms with Gasteiger partial charge in [0.1, 0.15) is 5.52 Å². The minimum absolute atomic E-state index is 0.0775. The molecule has 22 heavy (non-hydrogen) atoms. The van der Waals surface area contributed by atoms with Gasteiger partial charge in [-0.25, -0.2) is 4.68 Å². The molecule has 2 aromatic rings. The average molecular weight is 304 g/mol. The molecule has 2 rings (SSSR count). The second kappa shape index (κ2) is 7.30. The fourth-order valence-electron chi connectivity index (χ4n) is 1.87. The molecule has 8 heteroatoms. The first-order chi connectivity index (χ1) is 10.6. The third-order valence-corrected chi connectivity index (χ3v) is 3.06. The van der Waals surface area contributed by atoms with Crippen molar-refractivity contribution in [2.24, 2.45) is 0 Å². The Hall–Kier alpha value is -2.77. The van der Waals surface area contributed by atoms with Crippen LogP contribution in [0.2, 0.25) is 0 Å². The molecule has 0 saturated carbocycles. The van der Waals surface area contributed by atoms with Crippen molar-refractivity contribution in [2.45, 2.75) is 19.4 Å². The van der Waals surface area contributed by atoms with E-state index in [0.717, 1.165) is 4.68 Å². The summed E-state index contributed by atoms with van der Waals surface area (Å²) in [5.74, 6) is -0.664. The van der Waals surface area contributed by atoms with Gasteiger partial charge in [-0.2, -0.15) is 0 Å². The standard InChI is InChI=1S/C14H16N4O4/c1-22-13(20)6-8-15-12(19)7-9-18-14(21)10-4-2-3-5-11(10)16-17-18/h2-5H,6-9H2,1H3,(H,15,19). The molecule has 1 heterocycles. The van der Waals surface area contributed by atoms with E-state index in [2.05, 4.69) is 20.4 Å². The maximum atomic E-state index is 12.2. The molecule has 1 aromatic heterocycles. The third kappa shape index (κ3) is 3.87. The molecule has 0 aliphatic rings. The van der Waals surface area contributed by atoms with Crippen LogP contribution in [0.5, 0.6) is 0 Å². The van der Waals surface area contributed by atoms with Crippen LogP contribution in [0.4, 0.5) is 0 Å². The van der Waals surface area contributed by atoms with E-state index in [4.69, 9.17) is 0 Å². The van der Waals surface area contributed by atoms with Crippen molar-refractivity contribution >= 4 is 22.8 Å². The average Bonchev–Trinajstić information content (AvgIpc) is 2.54. The number of nitrogens with zero attached hydrogens (tertiary/aromatic N) is 3. The molecule has 8 nitrogen and oxygen atoms in total. The first-order valence-electron chi connectivity index (χ1n) is 6.78. The summed E-state index contributed by atoms with van der Waals surface area (Å²) in [7, 11) is 1.29. The SMILES string of the molecule is COC(=O)CCNC(=O)CCn1nnc2ccccc2c1=O. The lowest BCUT2D eigenvalue weighted by Gasteiger charge is -2.06. The molecule has 0 fully saturated rings. The van der Waals surface area contributed by atoms with Gasteiger partial charge in [0.05, 0.1) is 25.5 Å². The second-order valence-electron chi connectivity index (χ2n) is 4.56. The molecule has 0 radical (unpaired) electrons. The molecule has 0 aliphatic carbocycles. The number of nitrogens with one attached hydrogen (secondary N) is 1. The van der Waals surface area contributed by atoms with Crippen molar-refractivity contribution in [3.63, 3.8) is 0 Å². The van der Waals surface area contributed by atoms with Crippen LogP contribution >= 0.6 is 0 Å². The van der Waals surface area contributed by atoms with Gasteiger partial charge < -0.3 is 10.1 Å². The maximum absolute atomic E-state index is 12.2. The minimum Gasteiger partial charge on any atom is -0.469 e. The number of benzene rings is 1. The summed E-state index contributed by atoms with van der Waals surface area (Å²) in [6.07, 6.45) is 0.187. The monoisotopic (exact) mass is 304 g/mol. The Morgan fingerprint density at radius 2 is 2.05 bits per heavy atom. The molecule has 0 saturated heterocycles. The van der Waals surface area contributed by atoms with E-state index in [0.29, 0.717) is 10.9 Å². The molecule has 116 valence electrons. The molecule has 0 aliphatic heterocycles. The lowest BCUT2D eigenvalue weighted by molar-refractivity contribution is -0.140. The Kier molecular flexibility index (Phi) is 5.18. The number of hydrogen-bond donors (Lipinski definition) is 1. The first-order valence-corrected chi connectivity index (χ1v) is 6.78. The zero-order chi connectivity index (χ0) is 15.9. The number of esters is 1. The van der Waals surface area contributed by atoms with Crippen LogP contribution in [0.25, 0.3) is 10.9 Å². The zero-order valence-electron chi connectivity index (χ0n) is 12.1. The number of carbonyl (C=O) groups excluding carboxylic acids is 2. The Bertz CT molecular complexity index is 741. The maximum Gasteiger partial charge on any atom is 0.307 e. The molecule has 1 aromatic carbocycles. The van der Waals surface area contributed by atoms with Crippen LogP contribution in [-0.4, -0.2) is 40.5 Å². The number of aromatic nitrogens is 3. The Morgan fingerprint density at radius 1 is 1.27 bits per heavy atom. The highest BCUT2D eigenvalue weighted by Crippen LogP contribution is 2.03. The van der Waals surface area contributed by atoms with Gasteiger partial charge in [-0.1, -0.05) is 17.3 Å². The highest BCUT2D eigenvalue weighted by Gasteiger charge is 2.08. The normalized spacial score (nSPS) is 10.4. The van der Waals surface area contributed by atoms with Gasteiger partial charge in [-0.3, -0.25) is 14.4 Å². The minimum atomic E-state index is -0.392. The van der Waals surface area contributed by atoms with Crippen molar-refractivity contribution in [3.8, 4) is 0 Å². The summed E-state index contributed by atoms with van der Waals surface area (Å²) in [5.41, 5.74) is 0.235. The Labute approximate surface area is 126 Å². The summed E-state index contributed by atoms with van der Waals surface area (Å²) in [6, 6.07) is 6.89. The third-order valence-electron chi connectivity index (χ3n) is 3.06. The summed E-state index contributed by atoms with van der Waals surface area (Å²) < 4.78 is 5.62.